The zero-order chi connectivity index (χ0) is 12.8. The van der Waals surface area contributed by atoms with E-state index in [1.165, 1.54) is 6.20 Å². The van der Waals surface area contributed by atoms with Gasteiger partial charge in [-0.15, -0.1) is 0 Å². The van der Waals surface area contributed by atoms with Gasteiger partial charge in [0.15, 0.2) is 0 Å². The number of carbonyl (C=O) groups excluding carboxylic acids is 2. The summed E-state index contributed by atoms with van der Waals surface area (Å²) in [6.07, 6.45) is 4.91. The second-order valence-corrected chi connectivity index (χ2v) is 3.66. The predicted octanol–water partition coefficient (Wildman–Crippen LogP) is 0.529. The van der Waals surface area contributed by atoms with E-state index in [1.54, 1.807) is 7.05 Å². The van der Waals surface area contributed by atoms with Gasteiger partial charge in [-0.3, -0.25) is 4.79 Å². The number of aliphatic imine (C=N–C) groups is 1. The minimum atomic E-state index is -0.375. The molecule has 1 amide bonds. The van der Waals surface area contributed by atoms with E-state index in [9.17, 15) is 9.59 Å². The molecule has 1 rings (SSSR count). The normalized spacial score (nSPS) is 20.7. The van der Waals surface area contributed by atoms with Crippen molar-refractivity contribution in [3.8, 4) is 0 Å². The van der Waals surface area contributed by atoms with Crippen LogP contribution < -0.4 is 11.1 Å². The van der Waals surface area contributed by atoms with Crippen molar-refractivity contribution in [3.05, 3.63) is 23.5 Å². The SMILES string of the molecule is C/C=C1C(C(CCC=O)C(=O)NC)=NC/1=C/N. The van der Waals surface area contributed by atoms with E-state index in [4.69, 9.17) is 5.73 Å². The van der Waals surface area contributed by atoms with Crippen molar-refractivity contribution in [3.63, 3.8) is 0 Å². The summed E-state index contributed by atoms with van der Waals surface area (Å²) in [5, 5.41) is 2.59. The number of hydrogen-bond acceptors (Lipinski definition) is 4. The predicted molar refractivity (Wildman–Crippen MR) is 66.3 cm³/mol. The second kappa shape index (κ2) is 5.98. The van der Waals surface area contributed by atoms with Crippen LogP contribution >= 0.6 is 0 Å². The molecule has 17 heavy (non-hydrogen) atoms. The molecule has 5 nitrogen and oxygen atoms in total. The Kier molecular flexibility index (Phi) is 4.63. The third-order valence-electron chi connectivity index (χ3n) is 2.71. The first-order valence-corrected chi connectivity index (χ1v) is 5.52. The van der Waals surface area contributed by atoms with E-state index in [0.717, 1.165) is 11.9 Å². The van der Waals surface area contributed by atoms with Crippen molar-refractivity contribution >= 4 is 17.9 Å². The van der Waals surface area contributed by atoms with Crippen LogP contribution in [0.5, 0.6) is 0 Å². The number of nitrogens with one attached hydrogen (secondary N) is 1. The number of aldehydes is 1. The second-order valence-electron chi connectivity index (χ2n) is 3.66. The maximum atomic E-state index is 11.7. The highest BCUT2D eigenvalue weighted by molar-refractivity contribution is 6.19. The summed E-state index contributed by atoms with van der Waals surface area (Å²) in [7, 11) is 1.57. The summed E-state index contributed by atoms with van der Waals surface area (Å²) in [6.45, 7) is 1.87. The Labute approximate surface area is 100 Å². The molecule has 0 bridgehead atoms. The van der Waals surface area contributed by atoms with Gasteiger partial charge >= 0.3 is 0 Å². The molecule has 3 N–H and O–H groups in total. The molecule has 0 fully saturated rings. The van der Waals surface area contributed by atoms with E-state index in [2.05, 4.69) is 10.3 Å². The van der Waals surface area contributed by atoms with Crippen LogP contribution in [0.1, 0.15) is 19.8 Å². The highest BCUT2D eigenvalue weighted by Crippen LogP contribution is 2.30. The monoisotopic (exact) mass is 235 g/mol. The lowest BCUT2D eigenvalue weighted by Crippen LogP contribution is -2.37. The van der Waals surface area contributed by atoms with Crippen molar-refractivity contribution in [2.24, 2.45) is 16.6 Å². The average molecular weight is 235 g/mol. The van der Waals surface area contributed by atoms with Crippen molar-refractivity contribution in [1.82, 2.24) is 5.32 Å². The summed E-state index contributed by atoms with van der Waals surface area (Å²) in [4.78, 5) is 26.3. The van der Waals surface area contributed by atoms with Gasteiger partial charge in [0.05, 0.1) is 17.3 Å². The summed E-state index contributed by atoms with van der Waals surface area (Å²) in [5.74, 6) is -0.499. The molecule has 92 valence electrons. The van der Waals surface area contributed by atoms with E-state index >= 15 is 0 Å². The molecule has 0 aliphatic carbocycles. The van der Waals surface area contributed by atoms with E-state index in [0.29, 0.717) is 24.3 Å². The molecule has 0 spiro atoms. The topological polar surface area (TPSA) is 84.5 Å². The van der Waals surface area contributed by atoms with Gasteiger partial charge in [-0.25, -0.2) is 4.99 Å². The maximum absolute atomic E-state index is 11.7. The molecule has 1 unspecified atom stereocenters. The van der Waals surface area contributed by atoms with E-state index < -0.39 is 0 Å². The molecule has 1 aliphatic heterocycles. The number of rotatable bonds is 5. The molecule has 0 saturated heterocycles. The molecule has 1 atom stereocenters. The highest BCUT2D eigenvalue weighted by Gasteiger charge is 2.32. The van der Waals surface area contributed by atoms with Gasteiger partial charge in [0, 0.05) is 25.2 Å². The zero-order valence-corrected chi connectivity index (χ0v) is 10.1. The molecular formula is C12H17N3O2. The minimum absolute atomic E-state index is 0.124. The van der Waals surface area contributed by atoms with Crippen LogP contribution in [-0.4, -0.2) is 25.0 Å². The van der Waals surface area contributed by atoms with E-state index in [-0.39, 0.29) is 11.8 Å². The van der Waals surface area contributed by atoms with Crippen LogP contribution in [0.4, 0.5) is 0 Å². The first-order valence-electron chi connectivity index (χ1n) is 5.52. The fraction of sp³-hybridized carbons (Fsp3) is 0.417. The Hall–Kier alpha value is -1.91. The van der Waals surface area contributed by atoms with Gasteiger partial charge in [-0.2, -0.15) is 0 Å². The first-order chi connectivity index (χ1) is 8.19. The van der Waals surface area contributed by atoms with Crippen LogP contribution in [0.25, 0.3) is 0 Å². The van der Waals surface area contributed by atoms with Crippen molar-refractivity contribution in [1.29, 1.82) is 0 Å². The van der Waals surface area contributed by atoms with Gasteiger partial charge in [-0.1, -0.05) is 6.08 Å². The molecule has 0 aromatic rings. The van der Waals surface area contributed by atoms with Crippen LogP contribution in [0.15, 0.2) is 28.5 Å². The van der Waals surface area contributed by atoms with Crippen LogP contribution in [0.2, 0.25) is 0 Å². The third-order valence-corrected chi connectivity index (χ3v) is 2.71. The quantitative estimate of drug-likeness (QED) is 0.682. The Morgan fingerprint density at radius 2 is 2.29 bits per heavy atom. The Morgan fingerprint density at radius 3 is 2.76 bits per heavy atom. The number of amides is 1. The van der Waals surface area contributed by atoms with Gasteiger partial charge in [0.1, 0.15) is 6.29 Å². The van der Waals surface area contributed by atoms with Crippen molar-refractivity contribution in [2.75, 3.05) is 7.05 Å². The zero-order valence-electron chi connectivity index (χ0n) is 10.1. The smallest absolute Gasteiger partial charge is 0.228 e. The Balaban J connectivity index is 2.93. The fourth-order valence-corrected chi connectivity index (χ4v) is 1.82. The molecule has 0 radical (unpaired) electrons. The summed E-state index contributed by atoms with van der Waals surface area (Å²) < 4.78 is 0. The summed E-state index contributed by atoms with van der Waals surface area (Å²) in [5.41, 5.74) is 7.71. The largest absolute Gasteiger partial charge is 0.403 e. The lowest BCUT2D eigenvalue weighted by molar-refractivity contribution is -0.122. The number of nitrogens with two attached hydrogens (primary N) is 1. The maximum Gasteiger partial charge on any atom is 0.228 e. The van der Waals surface area contributed by atoms with Gasteiger partial charge in [0.25, 0.3) is 0 Å². The number of hydrogen-bond donors (Lipinski definition) is 2. The molecular weight excluding hydrogens is 218 g/mol. The molecule has 1 aliphatic rings. The number of carbonyl (C=O) groups is 2. The Morgan fingerprint density at radius 1 is 1.59 bits per heavy atom. The number of allylic oxidation sites excluding steroid dienone is 2. The molecule has 0 aromatic carbocycles. The fourth-order valence-electron chi connectivity index (χ4n) is 1.82. The first kappa shape index (κ1) is 13.2. The highest BCUT2D eigenvalue weighted by atomic mass is 16.1. The number of nitrogens with zero attached hydrogens (tertiary/aromatic N) is 1. The van der Waals surface area contributed by atoms with Crippen LogP contribution in [0.3, 0.4) is 0 Å². The Bertz CT molecular complexity index is 408. The third kappa shape index (κ3) is 2.61. The molecule has 0 saturated carbocycles. The molecule has 5 heteroatoms. The lowest BCUT2D eigenvalue weighted by atomic mass is 9.86. The lowest BCUT2D eigenvalue weighted by Gasteiger charge is -2.26. The average Bonchev–Trinajstić information content (AvgIpc) is 2.32. The van der Waals surface area contributed by atoms with Crippen LogP contribution in [-0.2, 0) is 9.59 Å². The van der Waals surface area contributed by atoms with Gasteiger partial charge in [0.2, 0.25) is 5.91 Å². The standard InChI is InChI=1S/C12H17N3O2/c1-3-8-10(7-13)15-11(8)9(5-4-6-16)12(17)14-2/h3,6-7,9H,4-5,13H2,1-2H3,(H,14,17)/b8-3+,10-7+. The summed E-state index contributed by atoms with van der Waals surface area (Å²) in [6, 6.07) is 0. The van der Waals surface area contributed by atoms with Crippen molar-refractivity contribution < 1.29 is 9.59 Å². The van der Waals surface area contributed by atoms with Crippen LogP contribution in [0, 0.1) is 5.92 Å². The van der Waals surface area contributed by atoms with Gasteiger partial charge < -0.3 is 15.8 Å². The van der Waals surface area contributed by atoms with Gasteiger partial charge in [-0.05, 0) is 13.3 Å². The van der Waals surface area contributed by atoms with Crippen molar-refractivity contribution in [2.45, 2.75) is 19.8 Å². The summed E-state index contributed by atoms with van der Waals surface area (Å²) >= 11 is 0. The van der Waals surface area contributed by atoms with E-state index in [1.807, 2.05) is 13.0 Å². The minimum Gasteiger partial charge on any atom is -0.403 e. The molecule has 0 aromatic heterocycles. The molecule has 1 heterocycles.